The number of nitrogens with one attached hydrogen (secondary N) is 1. The molecule has 2 aromatic carbocycles. The van der Waals surface area contributed by atoms with Crippen molar-refractivity contribution in [2.75, 3.05) is 4.72 Å². The molecule has 0 aliphatic heterocycles. The van der Waals surface area contributed by atoms with E-state index in [1.807, 2.05) is 0 Å². The average molecular weight is 316 g/mol. The maximum atomic E-state index is 12.2. The number of rotatable bonds is 3. The highest BCUT2D eigenvalue weighted by atomic mass is 35.5. The fourth-order valence-electron chi connectivity index (χ4n) is 1.58. The van der Waals surface area contributed by atoms with Crippen LogP contribution in [0, 0.1) is 6.92 Å². The van der Waals surface area contributed by atoms with Gasteiger partial charge in [0.05, 0.1) is 10.7 Å². The molecule has 0 aliphatic rings. The lowest BCUT2D eigenvalue weighted by molar-refractivity contribution is 0.601. The van der Waals surface area contributed by atoms with Gasteiger partial charge in [-0.15, -0.1) is 0 Å². The Bertz CT molecular complexity index is 714. The van der Waals surface area contributed by atoms with E-state index in [9.17, 15) is 8.42 Å². The van der Waals surface area contributed by atoms with Gasteiger partial charge in [0.2, 0.25) is 0 Å². The largest absolute Gasteiger partial charge is 0.279 e. The van der Waals surface area contributed by atoms with Gasteiger partial charge in [-0.3, -0.25) is 4.72 Å². The first-order valence-corrected chi connectivity index (χ1v) is 7.68. The van der Waals surface area contributed by atoms with Crippen LogP contribution in [0.3, 0.4) is 0 Å². The maximum Gasteiger partial charge on any atom is 0.263 e. The Hall–Kier alpha value is -1.23. The standard InChI is InChI=1S/C13H11Cl2NO2S/c1-9-10(14)6-4-7-12(9)16-19(17,18)13-8-3-2-5-11(13)15/h2-8,16H,1H3. The molecule has 0 amide bonds. The second-order valence-corrected chi connectivity index (χ2v) is 6.41. The summed E-state index contributed by atoms with van der Waals surface area (Å²) in [5, 5.41) is 0.675. The third kappa shape index (κ3) is 3.03. The molecule has 1 N–H and O–H groups in total. The van der Waals surface area contributed by atoms with Gasteiger partial charge in [-0.2, -0.15) is 0 Å². The van der Waals surface area contributed by atoms with Crippen molar-refractivity contribution in [2.24, 2.45) is 0 Å². The summed E-state index contributed by atoms with van der Waals surface area (Å²) in [5.74, 6) is 0. The Kier molecular flexibility index (Phi) is 4.04. The Labute approximate surface area is 122 Å². The average Bonchev–Trinajstić information content (AvgIpc) is 2.35. The number of hydrogen-bond donors (Lipinski definition) is 1. The van der Waals surface area contributed by atoms with Gasteiger partial charge in [0.1, 0.15) is 4.90 Å². The number of halogens is 2. The van der Waals surface area contributed by atoms with Crippen LogP contribution in [0.5, 0.6) is 0 Å². The summed E-state index contributed by atoms with van der Waals surface area (Å²) in [6, 6.07) is 11.3. The minimum absolute atomic E-state index is 0.0380. The van der Waals surface area contributed by atoms with Crippen LogP contribution >= 0.6 is 23.2 Å². The zero-order chi connectivity index (χ0) is 14.0. The summed E-state index contributed by atoms with van der Waals surface area (Å²) in [4.78, 5) is 0.0380. The molecule has 0 saturated carbocycles. The van der Waals surface area contributed by atoms with Gasteiger partial charge in [0.15, 0.2) is 0 Å². The molecule has 0 aromatic heterocycles. The molecule has 0 unspecified atom stereocenters. The van der Waals surface area contributed by atoms with Crippen LogP contribution in [-0.4, -0.2) is 8.42 Å². The molecular formula is C13H11Cl2NO2S. The van der Waals surface area contributed by atoms with E-state index in [0.29, 0.717) is 16.3 Å². The summed E-state index contributed by atoms with van der Waals surface area (Å²) in [6.45, 7) is 1.74. The Morgan fingerprint density at radius 1 is 0.947 bits per heavy atom. The Morgan fingerprint density at radius 3 is 2.26 bits per heavy atom. The van der Waals surface area contributed by atoms with Crippen LogP contribution in [0.15, 0.2) is 47.4 Å². The topological polar surface area (TPSA) is 46.2 Å². The number of sulfonamides is 1. The number of hydrogen-bond acceptors (Lipinski definition) is 2. The highest BCUT2D eigenvalue weighted by molar-refractivity contribution is 7.92. The highest BCUT2D eigenvalue weighted by Gasteiger charge is 2.18. The molecule has 19 heavy (non-hydrogen) atoms. The van der Waals surface area contributed by atoms with E-state index in [4.69, 9.17) is 23.2 Å². The van der Waals surface area contributed by atoms with Crippen LogP contribution in [0.4, 0.5) is 5.69 Å². The van der Waals surface area contributed by atoms with Crippen LogP contribution in [0.2, 0.25) is 10.0 Å². The van der Waals surface area contributed by atoms with Gasteiger partial charge in [-0.05, 0) is 36.8 Å². The summed E-state index contributed by atoms with van der Waals surface area (Å²) < 4.78 is 27.0. The van der Waals surface area contributed by atoms with Gasteiger partial charge in [0, 0.05) is 5.02 Å². The van der Waals surface area contributed by atoms with Crippen molar-refractivity contribution in [3.05, 3.63) is 58.1 Å². The van der Waals surface area contributed by atoms with E-state index in [1.54, 1.807) is 37.3 Å². The molecule has 2 aromatic rings. The van der Waals surface area contributed by atoms with E-state index in [2.05, 4.69) is 4.72 Å². The highest BCUT2D eigenvalue weighted by Crippen LogP contribution is 2.27. The van der Waals surface area contributed by atoms with E-state index < -0.39 is 10.0 Å². The van der Waals surface area contributed by atoms with E-state index in [1.165, 1.54) is 12.1 Å². The number of benzene rings is 2. The van der Waals surface area contributed by atoms with Gasteiger partial charge in [0.25, 0.3) is 10.0 Å². The molecule has 3 nitrogen and oxygen atoms in total. The predicted octanol–water partition coefficient (Wildman–Crippen LogP) is 4.10. The van der Waals surface area contributed by atoms with Gasteiger partial charge >= 0.3 is 0 Å². The summed E-state index contributed by atoms with van der Waals surface area (Å²) in [7, 11) is -3.72. The first-order chi connectivity index (χ1) is 8.92. The molecule has 100 valence electrons. The molecule has 6 heteroatoms. The molecule has 0 fully saturated rings. The van der Waals surface area contributed by atoms with Crippen molar-refractivity contribution in [1.82, 2.24) is 0 Å². The molecule has 2 rings (SSSR count). The fourth-order valence-corrected chi connectivity index (χ4v) is 3.40. The molecule has 0 spiro atoms. The van der Waals surface area contributed by atoms with Crippen LogP contribution < -0.4 is 4.72 Å². The molecule has 0 radical (unpaired) electrons. The Morgan fingerprint density at radius 2 is 1.58 bits per heavy atom. The van der Waals surface area contributed by atoms with Crippen molar-refractivity contribution < 1.29 is 8.42 Å². The van der Waals surface area contributed by atoms with Crippen LogP contribution in [-0.2, 0) is 10.0 Å². The quantitative estimate of drug-likeness (QED) is 0.926. The van der Waals surface area contributed by atoms with Crippen molar-refractivity contribution in [3.8, 4) is 0 Å². The van der Waals surface area contributed by atoms with Crippen molar-refractivity contribution in [3.63, 3.8) is 0 Å². The lowest BCUT2D eigenvalue weighted by Crippen LogP contribution is -2.14. The number of anilines is 1. The first-order valence-electron chi connectivity index (χ1n) is 5.44. The zero-order valence-corrected chi connectivity index (χ0v) is 12.4. The summed E-state index contributed by atoms with van der Waals surface area (Å²) in [6.07, 6.45) is 0. The third-order valence-electron chi connectivity index (χ3n) is 2.64. The minimum atomic E-state index is -3.72. The molecule has 0 aliphatic carbocycles. The van der Waals surface area contributed by atoms with Gasteiger partial charge < -0.3 is 0 Å². The van der Waals surface area contributed by atoms with Gasteiger partial charge in [-0.25, -0.2) is 8.42 Å². The molecule has 0 saturated heterocycles. The SMILES string of the molecule is Cc1c(Cl)cccc1NS(=O)(=O)c1ccccc1Cl. The van der Waals surface area contributed by atoms with Crippen molar-refractivity contribution in [2.45, 2.75) is 11.8 Å². The maximum absolute atomic E-state index is 12.2. The second kappa shape index (κ2) is 5.41. The Balaban J connectivity index is 2.43. The minimum Gasteiger partial charge on any atom is -0.279 e. The zero-order valence-electron chi connectivity index (χ0n) is 10.0. The first kappa shape index (κ1) is 14.2. The van der Waals surface area contributed by atoms with Gasteiger partial charge in [-0.1, -0.05) is 41.4 Å². The third-order valence-corrected chi connectivity index (χ3v) is 4.91. The monoisotopic (exact) mass is 315 g/mol. The van der Waals surface area contributed by atoms with E-state index in [0.717, 1.165) is 0 Å². The summed E-state index contributed by atoms with van der Waals surface area (Å²) >= 11 is 11.9. The van der Waals surface area contributed by atoms with E-state index >= 15 is 0 Å². The lowest BCUT2D eigenvalue weighted by atomic mass is 10.2. The summed E-state index contributed by atoms with van der Waals surface area (Å²) in [5.41, 5.74) is 1.10. The van der Waals surface area contributed by atoms with E-state index in [-0.39, 0.29) is 9.92 Å². The molecular weight excluding hydrogens is 305 g/mol. The van der Waals surface area contributed by atoms with Crippen molar-refractivity contribution in [1.29, 1.82) is 0 Å². The molecule has 0 atom stereocenters. The van der Waals surface area contributed by atoms with Crippen molar-refractivity contribution >= 4 is 38.9 Å². The smallest absolute Gasteiger partial charge is 0.263 e. The lowest BCUT2D eigenvalue weighted by Gasteiger charge is -2.12. The van der Waals surface area contributed by atoms with Crippen LogP contribution in [0.1, 0.15) is 5.56 Å². The predicted molar refractivity (Wildman–Crippen MR) is 78.4 cm³/mol. The van der Waals surface area contributed by atoms with Crippen LogP contribution in [0.25, 0.3) is 0 Å². The molecule has 0 bridgehead atoms. The normalized spacial score (nSPS) is 11.3. The molecule has 0 heterocycles. The fraction of sp³-hybridized carbons (Fsp3) is 0.0769. The second-order valence-electron chi connectivity index (χ2n) is 3.95.